The molecular formula is C17H30NO4P. The molecule has 23 heavy (non-hydrogen) atoms. The normalized spacial score (nSPS) is 18.7. The van der Waals surface area contributed by atoms with E-state index >= 15 is 0 Å². The van der Waals surface area contributed by atoms with Crippen LogP contribution in [0.25, 0.3) is 0 Å². The lowest BCUT2D eigenvalue weighted by molar-refractivity contribution is -0.133. The summed E-state index contributed by atoms with van der Waals surface area (Å²) >= 11 is 0. The lowest BCUT2D eigenvalue weighted by Gasteiger charge is -2.28. The monoisotopic (exact) mass is 343 g/mol. The highest BCUT2D eigenvalue weighted by molar-refractivity contribution is 7.17. The van der Waals surface area contributed by atoms with Gasteiger partial charge in [-0.3, -0.25) is 4.52 Å². The van der Waals surface area contributed by atoms with Gasteiger partial charge in [-0.25, -0.2) is 9.36 Å². The average molecular weight is 343 g/mol. The smallest absolute Gasteiger partial charge is 0.333 e. The Hall–Kier alpha value is -0.770. The predicted octanol–water partition coefficient (Wildman–Crippen LogP) is 4.47. The second-order valence-electron chi connectivity index (χ2n) is 6.45. The number of carboxylic acid groups (broad SMARTS) is 1. The summed E-state index contributed by atoms with van der Waals surface area (Å²) in [6.45, 7) is 2.04. The molecule has 1 fully saturated rings. The van der Waals surface area contributed by atoms with E-state index < -0.39 is 14.7 Å². The summed E-state index contributed by atoms with van der Waals surface area (Å²) in [4.78, 5) is 11.6. The van der Waals surface area contributed by atoms with Crippen LogP contribution in [-0.4, -0.2) is 23.7 Å². The molecule has 1 unspecified atom stereocenters. The number of hydrogen-bond acceptors (Lipinski definition) is 4. The van der Waals surface area contributed by atoms with Crippen molar-refractivity contribution in [2.45, 2.75) is 77.2 Å². The third-order valence-corrected chi connectivity index (χ3v) is 4.90. The first-order valence-corrected chi connectivity index (χ1v) is 9.48. The van der Waals surface area contributed by atoms with Crippen LogP contribution in [0, 0.1) is 5.92 Å². The van der Waals surface area contributed by atoms with Crippen molar-refractivity contribution in [3.63, 3.8) is 0 Å². The Labute approximate surface area is 140 Å². The molecule has 1 saturated carbocycles. The van der Waals surface area contributed by atoms with Crippen molar-refractivity contribution in [1.29, 1.82) is 0 Å². The number of carbonyl (C=O) groups is 1. The minimum Gasteiger partial charge on any atom is -0.478 e. The summed E-state index contributed by atoms with van der Waals surface area (Å²) < 4.78 is 15.4. The summed E-state index contributed by atoms with van der Waals surface area (Å²) in [5, 5.41) is 9.54. The largest absolute Gasteiger partial charge is 0.478 e. The topological polar surface area (TPSA) is 89.6 Å². The first-order chi connectivity index (χ1) is 11.1. The van der Waals surface area contributed by atoms with E-state index in [1.807, 2.05) is 0 Å². The van der Waals surface area contributed by atoms with Gasteiger partial charge in [0.05, 0.1) is 12.2 Å². The van der Waals surface area contributed by atoms with Crippen LogP contribution in [0.5, 0.6) is 0 Å². The van der Waals surface area contributed by atoms with E-state index in [0.717, 1.165) is 56.9 Å². The van der Waals surface area contributed by atoms with E-state index in [1.165, 1.54) is 6.42 Å². The fourth-order valence-corrected chi connectivity index (χ4v) is 3.59. The molecule has 1 aliphatic rings. The van der Waals surface area contributed by atoms with Gasteiger partial charge in [0.1, 0.15) is 0 Å². The van der Waals surface area contributed by atoms with Gasteiger partial charge in [-0.05, 0) is 31.6 Å². The highest BCUT2D eigenvalue weighted by Crippen LogP contribution is 2.34. The molecular weight excluding hydrogens is 313 g/mol. The van der Waals surface area contributed by atoms with Gasteiger partial charge in [0.25, 0.3) is 0 Å². The van der Waals surface area contributed by atoms with Crippen LogP contribution in [0.3, 0.4) is 0 Å². The van der Waals surface area contributed by atoms with E-state index in [9.17, 15) is 14.5 Å². The molecule has 6 heteroatoms. The zero-order valence-corrected chi connectivity index (χ0v) is 15.0. The van der Waals surface area contributed by atoms with Gasteiger partial charge in [0.15, 0.2) is 0 Å². The van der Waals surface area contributed by atoms with Crippen molar-refractivity contribution < 1.29 is 19.0 Å². The summed E-state index contributed by atoms with van der Waals surface area (Å²) in [6, 6.07) is -0.0161. The van der Waals surface area contributed by atoms with Crippen molar-refractivity contribution in [2.24, 2.45) is 11.7 Å². The predicted molar refractivity (Wildman–Crippen MR) is 91.5 cm³/mol. The molecule has 0 aliphatic heterocycles. The van der Waals surface area contributed by atoms with Gasteiger partial charge in [-0.15, -0.1) is 0 Å². The van der Waals surface area contributed by atoms with Crippen LogP contribution in [0.15, 0.2) is 11.1 Å². The van der Waals surface area contributed by atoms with Crippen LogP contribution in [0.1, 0.15) is 71.1 Å². The standard InChI is InChI=1S/C17H30NO4P/c1-2-3-5-10-14(18)11-15(13-8-6-4-7-9-13)16(17(19)20)12-22-23-21/h13-14H,2-12,18H2,1H3,(H,19,20)/b16-15-. The Morgan fingerprint density at radius 1 is 1.30 bits per heavy atom. The highest BCUT2D eigenvalue weighted by Gasteiger charge is 2.25. The summed E-state index contributed by atoms with van der Waals surface area (Å²) in [6.07, 6.45) is 10.4. The summed E-state index contributed by atoms with van der Waals surface area (Å²) in [7, 11) is -0.485. The van der Waals surface area contributed by atoms with Gasteiger partial charge < -0.3 is 10.8 Å². The quantitative estimate of drug-likeness (QED) is 0.328. The lowest BCUT2D eigenvalue weighted by Crippen LogP contribution is -2.26. The van der Waals surface area contributed by atoms with Crippen molar-refractivity contribution in [1.82, 2.24) is 0 Å². The van der Waals surface area contributed by atoms with Crippen LogP contribution in [0.4, 0.5) is 0 Å². The molecule has 0 bridgehead atoms. The summed E-state index contributed by atoms with van der Waals surface area (Å²) in [5.74, 6) is -0.700. The molecule has 0 amide bonds. The molecule has 0 radical (unpaired) electrons. The number of rotatable bonds is 11. The average Bonchev–Trinajstić information content (AvgIpc) is 2.55. The number of unbranched alkanes of at least 4 members (excludes halogenated alkanes) is 2. The van der Waals surface area contributed by atoms with Gasteiger partial charge in [0, 0.05) is 6.04 Å². The maximum atomic E-state index is 11.6. The molecule has 0 aromatic carbocycles. The van der Waals surface area contributed by atoms with E-state index in [1.54, 1.807) is 0 Å². The first kappa shape index (κ1) is 20.3. The zero-order chi connectivity index (χ0) is 17.1. The zero-order valence-electron chi connectivity index (χ0n) is 14.1. The van der Waals surface area contributed by atoms with Gasteiger partial charge in [-0.1, -0.05) is 51.0 Å². The lowest BCUT2D eigenvalue weighted by atomic mass is 9.79. The third-order valence-electron chi connectivity index (χ3n) is 4.67. The van der Waals surface area contributed by atoms with Crippen LogP contribution < -0.4 is 5.73 Å². The summed E-state index contributed by atoms with van der Waals surface area (Å²) in [5.41, 5.74) is 7.43. The van der Waals surface area contributed by atoms with Gasteiger partial charge in [-0.2, -0.15) is 0 Å². The molecule has 0 heterocycles. The Morgan fingerprint density at radius 3 is 2.57 bits per heavy atom. The Bertz CT molecular complexity index is 405. The van der Waals surface area contributed by atoms with E-state index in [0.29, 0.717) is 6.42 Å². The number of aliphatic carboxylic acids is 1. The Kier molecular flexibility index (Phi) is 10.3. The van der Waals surface area contributed by atoms with Crippen LogP contribution in [-0.2, 0) is 13.9 Å². The second kappa shape index (κ2) is 11.7. The van der Waals surface area contributed by atoms with Crippen LogP contribution in [0.2, 0.25) is 0 Å². The molecule has 0 aromatic heterocycles. The highest BCUT2D eigenvalue weighted by atomic mass is 31.1. The van der Waals surface area contributed by atoms with Gasteiger partial charge in [0.2, 0.25) is 0 Å². The fraction of sp³-hybridized carbons (Fsp3) is 0.824. The fourth-order valence-electron chi connectivity index (χ4n) is 3.41. The molecule has 0 aromatic rings. The number of hydrogen-bond donors (Lipinski definition) is 2. The maximum Gasteiger partial charge on any atom is 0.333 e. The minimum absolute atomic E-state index is 0.0161. The molecule has 1 aliphatic carbocycles. The molecule has 0 saturated heterocycles. The number of nitrogens with two attached hydrogens (primary N) is 1. The molecule has 132 valence electrons. The van der Waals surface area contributed by atoms with Crippen molar-refractivity contribution >= 4 is 14.7 Å². The minimum atomic E-state index is -0.977. The Balaban J connectivity index is 2.88. The van der Waals surface area contributed by atoms with Crippen LogP contribution >= 0.6 is 8.69 Å². The molecule has 5 nitrogen and oxygen atoms in total. The maximum absolute atomic E-state index is 11.6. The third kappa shape index (κ3) is 7.56. The van der Waals surface area contributed by atoms with E-state index in [4.69, 9.17) is 10.3 Å². The molecule has 0 spiro atoms. The first-order valence-electron chi connectivity index (χ1n) is 8.75. The van der Waals surface area contributed by atoms with Gasteiger partial charge >= 0.3 is 14.7 Å². The van der Waals surface area contributed by atoms with E-state index in [2.05, 4.69) is 6.92 Å². The Morgan fingerprint density at radius 2 is 2.00 bits per heavy atom. The van der Waals surface area contributed by atoms with Crippen molar-refractivity contribution in [2.75, 3.05) is 6.61 Å². The molecule has 1 rings (SSSR count). The molecule has 1 atom stereocenters. The van der Waals surface area contributed by atoms with Crippen molar-refractivity contribution in [3.8, 4) is 0 Å². The molecule has 3 N–H and O–H groups in total. The van der Waals surface area contributed by atoms with Crippen molar-refractivity contribution in [3.05, 3.63) is 11.1 Å². The second-order valence-corrected chi connectivity index (χ2v) is 6.86. The number of carboxylic acids is 1. The van der Waals surface area contributed by atoms with E-state index in [-0.39, 0.29) is 24.1 Å². The SMILES string of the molecule is CCCCCC(N)C/C(=C(\COP=O)C(=O)O)C1CCCCC1.